The standard InChI is InChI=1S/C14H17ClN2O6S.C8H15NO2.C6H3Cl2NO4S.C6H15N.CH4/c1-23-14(18)9-2-4-10(5-3-9)16-24(21,22)11-6-7-12(15)13(8-11)17(19)20;1-11-8(10)6-2-4-7(9)5-3-6;7-5-2-1-4(14(8,12)13)3-6(5)9(10)11;1-4-7(5-2)6-3;/h6-10,16H,2-5H2,1H3;6-7H,2-5,9H2,1H3;1-3H;4-6H2,1-3H3;1H4. The molecule has 0 radical (unpaired) electrons. The number of nitrogens with one attached hydrogen (secondary N) is 1. The molecule has 0 amide bonds. The van der Waals surface area contributed by atoms with Crippen molar-refractivity contribution in [2.24, 2.45) is 17.6 Å². The number of carbonyl (C=O) groups is 2. The number of rotatable bonds is 11. The number of esters is 2. The fourth-order valence-corrected chi connectivity index (χ4v) is 8.15. The minimum absolute atomic E-state index is 0. The monoisotopic (exact) mass is 905 g/mol. The molecule has 2 saturated carbocycles. The molecule has 2 fully saturated rings. The summed E-state index contributed by atoms with van der Waals surface area (Å²) in [4.78, 5) is 44.0. The van der Waals surface area contributed by atoms with Gasteiger partial charge in [-0.1, -0.05) is 51.4 Å². The van der Waals surface area contributed by atoms with Gasteiger partial charge in [0.25, 0.3) is 20.4 Å². The summed E-state index contributed by atoms with van der Waals surface area (Å²) in [6, 6.07) is 6.32. The number of nitrogens with two attached hydrogens (primary N) is 1. The Bertz CT molecular complexity index is 1830. The number of ether oxygens (including phenoxy) is 2. The summed E-state index contributed by atoms with van der Waals surface area (Å²) < 4.78 is 58.3. The van der Waals surface area contributed by atoms with Gasteiger partial charge < -0.3 is 20.1 Å². The van der Waals surface area contributed by atoms with Crippen LogP contribution in [0.2, 0.25) is 10.0 Å². The van der Waals surface area contributed by atoms with Crippen LogP contribution in [0.25, 0.3) is 0 Å². The van der Waals surface area contributed by atoms with Crippen LogP contribution in [0, 0.1) is 32.1 Å². The highest BCUT2D eigenvalue weighted by molar-refractivity contribution is 8.13. The van der Waals surface area contributed by atoms with Gasteiger partial charge in [-0.25, -0.2) is 21.6 Å². The molecule has 0 unspecified atom stereocenters. The first-order chi connectivity index (χ1) is 26.1. The summed E-state index contributed by atoms with van der Waals surface area (Å²) in [5.41, 5.74) is 4.73. The Morgan fingerprint density at radius 1 is 0.754 bits per heavy atom. The molecule has 0 aromatic heterocycles. The van der Waals surface area contributed by atoms with Crippen molar-refractivity contribution in [2.45, 2.75) is 101 Å². The van der Waals surface area contributed by atoms with Crippen LogP contribution in [0.1, 0.15) is 79.6 Å². The predicted octanol–water partition coefficient (Wildman–Crippen LogP) is 7.10. The number of nitrogens with zero attached hydrogens (tertiary/aromatic N) is 3. The third-order valence-corrected chi connectivity index (χ3v) is 12.6. The molecule has 3 N–H and O–H groups in total. The van der Waals surface area contributed by atoms with E-state index in [-0.39, 0.29) is 57.1 Å². The molecule has 0 atom stereocenters. The summed E-state index contributed by atoms with van der Waals surface area (Å²) in [6.45, 7) is 10.1. The van der Waals surface area contributed by atoms with Crippen LogP contribution in [-0.2, 0) is 38.1 Å². The molecule has 57 heavy (non-hydrogen) atoms. The molecule has 0 bridgehead atoms. The number of benzene rings is 2. The molecule has 2 aromatic carbocycles. The Labute approximate surface area is 349 Å². The van der Waals surface area contributed by atoms with Crippen molar-refractivity contribution in [2.75, 3.05) is 33.9 Å². The maximum absolute atomic E-state index is 12.4. The van der Waals surface area contributed by atoms with Crippen LogP contribution < -0.4 is 10.5 Å². The number of halogens is 3. The number of hydrogen-bond donors (Lipinski definition) is 2. The molecule has 2 aromatic rings. The largest absolute Gasteiger partial charge is 0.469 e. The summed E-state index contributed by atoms with van der Waals surface area (Å²) in [6.07, 6.45) is 5.76. The zero-order chi connectivity index (χ0) is 42.8. The minimum atomic E-state index is -3.97. The highest BCUT2D eigenvalue weighted by atomic mass is 35.7. The number of methoxy groups -OCH3 is 2. The van der Waals surface area contributed by atoms with Crippen LogP contribution in [0.3, 0.4) is 0 Å². The van der Waals surface area contributed by atoms with Crippen LogP contribution in [0.4, 0.5) is 11.4 Å². The number of hydrogen-bond acceptors (Lipinski definition) is 14. The van der Waals surface area contributed by atoms with Gasteiger partial charge in [0.2, 0.25) is 10.0 Å². The Kier molecular flexibility index (Phi) is 24.6. The molecule has 324 valence electrons. The van der Waals surface area contributed by atoms with Gasteiger partial charge in [-0.3, -0.25) is 29.8 Å². The second-order valence-electron chi connectivity index (χ2n) is 12.6. The smallest absolute Gasteiger partial charge is 0.308 e. The Balaban J connectivity index is 0.000000808. The van der Waals surface area contributed by atoms with Gasteiger partial charge in [0.15, 0.2) is 0 Å². The summed E-state index contributed by atoms with van der Waals surface area (Å²) >= 11 is 11.2. The fraction of sp³-hybridized carbons (Fsp3) is 0.600. The maximum Gasteiger partial charge on any atom is 0.308 e. The average molecular weight is 907 g/mol. The van der Waals surface area contributed by atoms with Crippen molar-refractivity contribution in [3.8, 4) is 0 Å². The van der Waals surface area contributed by atoms with Gasteiger partial charge in [0, 0.05) is 34.9 Å². The average Bonchev–Trinajstić information content (AvgIpc) is 3.15. The zero-order valence-electron chi connectivity index (χ0n) is 31.8. The topological polar surface area (TPSA) is 248 Å². The summed E-state index contributed by atoms with van der Waals surface area (Å²) in [5, 5.41) is 21.0. The molecule has 2 aliphatic carbocycles. The first-order valence-electron chi connectivity index (χ1n) is 17.6. The van der Waals surface area contributed by atoms with E-state index in [4.69, 9.17) is 39.6 Å². The quantitative estimate of drug-likeness (QED) is 0.0989. The SMILES string of the molecule is C.CCN(CC)CC.COC(=O)C1CCC(N)CC1.COC(=O)C1CCC(NS(=O)(=O)c2ccc(Cl)c([N+](=O)[O-])c2)CC1.O=[N+]([O-])c1cc(S(=O)(=O)Cl)ccc1Cl. The summed E-state index contributed by atoms with van der Waals surface area (Å²) in [7, 11) is -0.112. The van der Waals surface area contributed by atoms with Crippen LogP contribution in [-0.4, -0.2) is 89.5 Å². The van der Waals surface area contributed by atoms with Gasteiger partial charge >= 0.3 is 11.9 Å². The molecule has 0 aliphatic heterocycles. The number of carbonyl (C=O) groups excluding carboxylic acids is 2. The second kappa shape index (κ2) is 26.0. The molecule has 4 rings (SSSR count). The number of nitro groups is 2. The Morgan fingerprint density at radius 3 is 1.46 bits per heavy atom. The van der Waals surface area contributed by atoms with E-state index < -0.39 is 40.3 Å². The van der Waals surface area contributed by atoms with E-state index in [0.29, 0.717) is 31.7 Å². The first kappa shape index (κ1) is 53.8. The highest BCUT2D eigenvalue weighted by Gasteiger charge is 2.30. The van der Waals surface area contributed by atoms with Crippen molar-refractivity contribution in [1.29, 1.82) is 0 Å². The van der Waals surface area contributed by atoms with Gasteiger partial charge in [0.05, 0.1) is 45.7 Å². The lowest BCUT2D eigenvalue weighted by Crippen LogP contribution is -2.38. The van der Waals surface area contributed by atoms with Crippen molar-refractivity contribution in [3.63, 3.8) is 0 Å². The fourth-order valence-electron chi connectivity index (χ4n) is 5.68. The lowest BCUT2D eigenvalue weighted by molar-refractivity contribution is -0.385. The summed E-state index contributed by atoms with van der Waals surface area (Å²) in [5.74, 6) is -0.464. The van der Waals surface area contributed by atoms with E-state index in [1.54, 1.807) is 0 Å². The van der Waals surface area contributed by atoms with Crippen molar-refractivity contribution in [3.05, 3.63) is 66.7 Å². The lowest BCUT2D eigenvalue weighted by atomic mass is 9.86. The maximum atomic E-state index is 12.4. The Morgan fingerprint density at radius 2 is 1.12 bits per heavy atom. The third kappa shape index (κ3) is 18.5. The molecule has 0 spiro atoms. The molecule has 22 heteroatoms. The lowest BCUT2D eigenvalue weighted by Gasteiger charge is -2.27. The van der Waals surface area contributed by atoms with Crippen LogP contribution in [0.5, 0.6) is 0 Å². The van der Waals surface area contributed by atoms with E-state index in [1.807, 2.05) is 0 Å². The number of nitro benzene ring substituents is 2. The zero-order valence-corrected chi connectivity index (χ0v) is 35.7. The van der Waals surface area contributed by atoms with Gasteiger partial charge in [-0.2, -0.15) is 0 Å². The highest BCUT2D eigenvalue weighted by Crippen LogP contribution is 2.30. The van der Waals surface area contributed by atoms with Crippen molar-refractivity contribution >= 4 is 76.3 Å². The van der Waals surface area contributed by atoms with Crippen LogP contribution >= 0.6 is 33.9 Å². The van der Waals surface area contributed by atoms with Crippen molar-refractivity contribution in [1.82, 2.24) is 9.62 Å². The normalized spacial score (nSPS) is 19.1. The van der Waals surface area contributed by atoms with Gasteiger partial charge in [0.1, 0.15) is 10.0 Å². The predicted molar refractivity (Wildman–Crippen MR) is 219 cm³/mol. The van der Waals surface area contributed by atoms with Crippen molar-refractivity contribution < 1.29 is 45.7 Å². The molecular formula is C35H54Cl3N5O12S2. The molecule has 0 saturated heterocycles. The van der Waals surface area contributed by atoms with Gasteiger partial charge in [-0.15, -0.1) is 0 Å². The molecule has 17 nitrogen and oxygen atoms in total. The van der Waals surface area contributed by atoms with E-state index in [2.05, 4.69) is 39.9 Å². The van der Waals surface area contributed by atoms with E-state index in [0.717, 1.165) is 49.9 Å². The minimum Gasteiger partial charge on any atom is -0.469 e. The molecule has 2 aliphatic rings. The molecule has 0 heterocycles. The van der Waals surface area contributed by atoms with E-state index in [9.17, 15) is 46.7 Å². The first-order valence-corrected chi connectivity index (χ1v) is 22.2. The second-order valence-corrected chi connectivity index (χ2v) is 17.7. The van der Waals surface area contributed by atoms with Crippen LogP contribution in [0.15, 0.2) is 46.2 Å². The number of sulfonamides is 1. The third-order valence-electron chi connectivity index (χ3n) is 9.05. The Hall–Kier alpha value is -3.17. The van der Waals surface area contributed by atoms with E-state index in [1.165, 1.54) is 46.0 Å². The van der Waals surface area contributed by atoms with Gasteiger partial charge in [-0.05, 0) is 95.3 Å². The molecular weight excluding hydrogens is 853 g/mol. The van der Waals surface area contributed by atoms with E-state index >= 15 is 0 Å².